The van der Waals surface area contributed by atoms with Crippen molar-refractivity contribution in [3.63, 3.8) is 0 Å². The van der Waals surface area contributed by atoms with Gasteiger partial charge >= 0.3 is 0 Å². The molecule has 1 aromatic carbocycles. The molecule has 2 amide bonds. The first-order chi connectivity index (χ1) is 8.25. The van der Waals surface area contributed by atoms with E-state index in [-0.39, 0.29) is 17.7 Å². The summed E-state index contributed by atoms with van der Waals surface area (Å²) in [6, 6.07) is 7.59. The average molecular weight is 229 g/mol. The minimum Gasteiger partial charge on any atom is -0.464 e. The predicted molar refractivity (Wildman–Crippen MR) is 61.3 cm³/mol. The van der Waals surface area contributed by atoms with Crippen LogP contribution in [0, 0.1) is 0 Å². The number of furan rings is 1. The van der Waals surface area contributed by atoms with Crippen LogP contribution in [0.15, 0.2) is 34.9 Å². The predicted octanol–water partition coefficient (Wildman–Crippen LogP) is 1.95. The fourth-order valence-electron chi connectivity index (χ4n) is 2.26. The maximum atomic E-state index is 11.8. The highest BCUT2D eigenvalue weighted by Gasteiger charge is 2.30. The van der Waals surface area contributed by atoms with Crippen molar-refractivity contribution in [3.05, 3.63) is 36.1 Å². The number of hydrogen-bond acceptors (Lipinski definition) is 3. The van der Waals surface area contributed by atoms with Crippen LogP contribution in [0.5, 0.6) is 0 Å². The number of para-hydroxylation sites is 1. The molecule has 0 aliphatic carbocycles. The lowest BCUT2D eigenvalue weighted by Gasteiger charge is -2.19. The quantitative estimate of drug-likeness (QED) is 0.760. The Labute approximate surface area is 97.6 Å². The van der Waals surface area contributed by atoms with Gasteiger partial charge < -0.3 is 4.42 Å². The second-order valence-corrected chi connectivity index (χ2v) is 4.19. The third-order valence-electron chi connectivity index (χ3n) is 3.13. The second kappa shape index (κ2) is 3.73. The molecule has 1 fully saturated rings. The monoisotopic (exact) mass is 229 g/mol. The summed E-state index contributed by atoms with van der Waals surface area (Å²) in [4.78, 5) is 22.9. The van der Waals surface area contributed by atoms with Gasteiger partial charge in [-0.25, -0.2) is 0 Å². The van der Waals surface area contributed by atoms with E-state index in [1.807, 2.05) is 24.3 Å². The molecule has 4 nitrogen and oxygen atoms in total. The minimum atomic E-state index is -0.281. The molecular formula is C13H11NO3. The number of hydrogen-bond donors (Lipinski definition) is 1. The molecule has 4 heteroatoms. The van der Waals surface area contributed by atoms with Gasteiger partial charge in [-0.15, -0.1) is 0 Å². The molecule has 1 aliphatic heterocycles. The smallest absolute Gasteiger partial charge is 0.234 e. The lowest BCUT2D eigenvalue weighted by molar-refractivity contribution is -0.134. The number of amides is 2. The van der Waals surface area contributed by atoms with Crippen LogP contribution in [0.25, 0.3) is 11.0 Å². The van der Waals surface area contributed by atoms with E-state index in [9.17, 15) is 9.59 Å². The molecule has 2 aromatic rings. The summed E-state index contributed by atoms with van der Waals surface area (Å²) >= 11 is 0. The van der Waals surface area contributed by atoms with Crippen LogP contribution in [0.1, 0.15) is 24.3 Å². The fraction of sp³-hybridized carbons (Fsp3) is 0.231. The molecule has 17 heavy (non-hydrogen) atoms. The van der Waals surface area contributed by atoms with Crippen molar-refractivity contribution in [2.45, 2.75) is 18.8 Å². The van der Waals surface area contributed by atoms with Crippen LogP contribution in [-0.2, 0) is 9.59 Å². The van der Waals surface area contributed by atoms with Crippen molar-refractivity contribution in [1.82, 2.24) is 5.32 Å². The highest BCUT2D eigenvalue weighted by atomic mass is 16.3. The molecule has 2 heterocycles. The maximum absolute atomic E-state index is 11.8. The van der Waals surface area contributed by atoms with Crippen molar-refractivity contribution >= 4 is 22.8 Å². The number of piperidine rings is 1. The molecule has 0 saturated carbocycles. The van der Waals surface area contributed by atoms with Gasteiger partial charge in [0.25, 0.3) is 0 Å². The van der Waals surface area contributed by atoms with E-state index in [0.717, 1.165) is 16.5 Å². The van der Waals surface area contributed by atoms with E-state index in [2.05, 4.69) is 5.32 Å². The summed E-state index contributed by atoms with van der Waals surface area (Å²) in [6.07, 6.45) is 2.55. The highest BCUT2D eigenvalue weighted by Crippen LogP contribution is 2.32. The van der Waals surface area contributed by atoms with E-state index in [0.29, 0.717) is 12.8 Å². The highest BCUT2D eigenvalue weighted by molar-refractivity contribution is 6.02. The number of carbonyl (C=O) groups excluding carboxylic acids is 2. The Kier molecular flexibility index (Phi) is 2.21. The first-order valence-electron chi connectivity index (χ1n) is 5.55. The van der Waals surface area contributed by atoms with Crippen LogP contribution in [0.3, 0.4) is 0 Å². The summed E-state index contributed by atoms with van der Waals surface area (Å²) in [5, 5.41) is 3.31. The summed E-state index contributed by atoms with van der Waals surface area (Å²) in [7, 11) is 0. The molecule has 1 aromatic heterocycles. The molecule has 0 spiro atoms. The minimum absolute atomic E-state index is 0.195. The van der Waals surface area contributed by atoms with Gasteiger partial charge in [-0.1, -0.05) is 18.2 Å². The van der Waals surface area contributed by atoms with Crippen molar-refractivity contribution in [3.8, 4) is 0 Å². The van der Waals surface area contributed by atoms with Crippen LogP contribution in [-0.4, -0.2) is 11.8 Å². The third-order valence-corrected chi connectivity index (χ3v) is 3.13. The maximum Gasteiger partial charge on any atom is 0.234 e. The Morgan fingerprint density at radius 3 is 2.88 bits per heavy atom. The van der Waals surface area contributed by atoms with Gasteiger partial charge in [0, 0.05) is 17.4 Å². The van der Waals surface area contributed by atoms with Crippen LogP contribution in [0.4, 0.5) is 0 Å². The Balaban J connectivity index is 2.04. The molecule has 86 valence electrons. The molecule has 1 saturated heterocycles. The van der Waals surface area contributed by atoms with Gasteiger partial charge in [0.15, 0.2) is 0 Å². The number of fused-ring (bicyclic) bond motifs is 1. The van der Waals surface area contributed by atoms with Crippen LogP contribution in [0.2, 0.25) is 0 Å². The Hall–Kier alpha value is -2.10. The zero-order valence-electron chi connectivity index (χ0n) is 9.10. The number of nitrogens with one attached hydrogen (secondary N) is 1. The number of carbonyl (C=O) groups is 2. The van der Waals surface area contributed by atoms with Gasteiger partial charge in [0.2, 0.25) is 11.8 Å². The Morgan fingerprint density at radius 1 is 1.24 bits per heavy atom. The molecule has 3 rings (SSSR count). The average Bonchev–Trinajstić information content (AvgIpc) is 2.73. The van der Waals surface area contributed by atoms with Crippen LogP contribution < -0.4 is 5.32 Å². The van der Waals surface area contributed by atoms with E-state index in [4.69, 9.17) is 4.42 Å². The molecule has 1 aliphatic rings. The van der Waals surface area contributed by atoms with Crippen molar-refractivity contribution in [1.29, 1.82) is 0 Å². The lowest BCUT2D eigenvalue weighted by atomic mass is 9.90. The summed E-state index contributed by atoms with van der Waals surface area (Å²) in [5.74, 6) is -0.705. The summed E-state index contributed by atoms with van der Waals surface area (Å²) < 4.78 is 5.41. The van der Waals surface area contributed by atoms with Crippen LogP contribution >= 0.6 is 0 Å². The second-order valence-electron chi connectivity index (χ2n) is 4.19. The lowest BCUT2D eigenvalue weighted by Crippen LogP contribution is -2.39. The van der Waals surface area contributed by atoms with Crippen molar-refractivity contribution < 1.29 is 14.0 Å². The van der Waals surface area contributed by atoms with Gasteiger partial charge in [-0.05, 0) is 12.5 Å². The van der Waals surface area contributed by atoms with Crippen molar-refractivity contribution in [2.24, 2.45) is 0 Å². The number of imide groups is 1. The fourth-order valence-corrected chi connectivity index (χ4v) is 2.26. The van der Waals surface area contributed by atoms with Crippen molar-refractivity contribution in [2.75, 3.05) is 0 Å². The van der Waals surface area contributed by atoms with Gasteiger partial charge in [0.1, 0.15) is 5.58 Å². The molecular weight excluding hydrogens is 218 g/mol. The Morgan fingerprint density at radius 2 is 2.06 bits per heavy atom. The summed E-state index contributed by atoms with van der Waals surface area (Å²) in [6.45, 7) is 0. The van der Waals surface area contributed by atoms with Gasteiger partial charge in [-0.2, -0.15) is 0 Å². The van der Waals surface area contributed by atoms with E-state index < -0.39 is 0 Å². The molecule has 0 unspecified atom stereocenters. The standard InChI is InChI=1S/C13H11NO3/c15-12-6-5-9(13(16)14-12)10-7-17-11-4-2-1-3-8(10)11/h1-4,7,9H,5-6H2,(H,14,15,16)/t9-/m0/s1. The summed E-state index contributed by atoms with van der Waals surface area (Å²) in [5.41, 5.74) is 1.64. The topological polar surface area (TPSA) is 59.3 Å². The van der Waals surface area contributed by atoms with Gasteiger partial charge in [0.05, 0.1) is 12.2 Å². The number of rotatable bonds is 1. The number of benzene rings is 1. The Bertz CT molecular complexity index is 599. The zero-order valence-corrected chi connectivity index (χ0v) is 9.10. The zero-order chi connectivity index (χ0) is 11.8. The molecule has 0 bridgehead atoms. The SMILES string of the molecule is O=C1CC[C@@H](c2coc3ccccc23)C(=O)N1. The van der Waals surface area contributed by atoms with E-state index in [1.165, 1.54) is 0 Å². The first-order valence-corrected chi connectivity index (χ1v) is 5.55. The molecule has 0 radical (unpaired) electrons. The van der Waals surface area contributed by atoms with E-state index in [1.54, 1.807) is 6.26 Å². The van der Waals surface area contributed by atoms with Gasteiger partial charge in [-0.3, -0.25) is 14.9 Å². The largest absolute Gasteiger partial charge is 0.464 e. The normalized spacial score (nSPS) is 20.6. The third kappa shape index (κ3) is 1.62. The first kappa shape index (κ1) is 10.1. The molecule has 1 atom stereocenters. The molecule has 1 N–H and O–H groups in total. The van der Waals surface area contributed by atoms with E-state index >= 15 is 0 Å².